The molecule has 2 heterocycles. The molecule has 0 spiro atoms. The Balaban J connectivity index is 1.57. The summed E-state index contributed by atoms with van der Waals surface area (Å²) in [5.41, 5.74) is 7.94. The van der Waals surface area contributed by atoms with Gasteiger partial charge in [-0.1, -0.05) is 0 Å². The van der Waals surface area contributed by atoms with Gasteiger partial charge in [0.2, 0.25) is 5.95 Å². The summed E-state index contributed by atoms with van der Waals surface area (Å²) in [7, 11) is 1.96. The summed E-state index contributed by atoms with van der Waals surface area (Å²) >= 11 is 0. The number of anilines is 1. The SMILES string of the molecule is Cn1cnc(-c2nc(NC3CCC(N)CC3)ncc2F)c1CC1CC1. The molecule has 2 fully saturated rings. The van der Waals surface area contributed by atoms with Crippen LogP contribution >= 0.6 is 0 Å². The Morgan fingerprint density at radius 3 is 2.64 bits per heavy atom. The van der Waals surface area contributed by atoms with Crippen molar-refractivity contribution in [2.45, 2.75) is 57.0 Å². The van der Waals surface area contributed by atoms with Crippen molar-refractivity contribution >= 4 is 5.95 Å². The van der Waals surface area contributed by atoms with Crippen LogP contribution < -0.4 is 11.1 Å². The number of nitrogens with zero attached hydrogens (tertiary/aromatic N) is 4. The summed E-state index contributed by atoms with van der Waals surface area (Å²) in [6.07, 6.45) is 10.4. The van der Waals surface area contributed by atoms with Crippen LogP contribution in [0.5, 0.6) is 0 Å². The summed E-state index contributed by atoms with van der Waals surface area (Å²) < 4.78 is 16.4. The zero-order valence-electron chi connectivity index (χ0n) is 14.6. The summed E-state index contributed by atoms with van der Waals surface area (Å²) in [6.45, 7) is 0. The van der Waals surface area contributed by atoms with E-state index in [0.29, 0.717) is 35.3 Å². The van der Waals surface area contributed by atoms with Crippen molar-refractivity contribution in [2.75, 3.05) is 5.32 Å². The van der Waals surface area contributed by atoms with Crippen molar-refractivity contribution in [3.8, 4) is 11.4 Å². The first-order valence-corrected chi connectivity index (χ1v) is 9.15. The van der Waals surface area contributed by atoms with Crippen LogP contribution in [0.25, 0.3) is 11.4 Å². The lowest BCUT2D eigenvalue weighted by molar-refractivity contribution is 0.409. The lowest BCUT2D eigenvalue weighted by Crippen LogP contribution is -2.33. The number of aryl methyl sites for hydroxylation is 1. The summed E-state index contributed by atoms with van der Waals surface area (Å²) in [5.74, 6) is 0.745. The Morgan fingerprint density at radius 1 is 1.16 bits per heavy atom. The van der Waals surface area contributed by atoms with Crippen molar-refractivity contribution in [1.29, 1.82) is 0 Å². The summed E-state index contributed by atoms with van der Waals surface area (Å²) in [6, 6.07) is 0.592. The highest BCUT2D eigenvalue weighted by atomic mass is 19.1. The quantitative estimate of drug-likeness (QED) is 0.871. The van der Waals surface area contributed by atoms with E-state index in [1.807, 2.05) is 11.6 Å². The molecule has 3 N–H and O–H groups in total. The highest BCUT2D eigenvalue weighted by molar-refractivity contribution is 5.59. The minimum absolute atomic E-state index is 0.293. The number of nitrogens with one attached hydrogen (secondary N) is 1. The van der Waals surface area contributed by atoms with Gasteiger partial charge in [0.05, 0.1) is 12.5 Å². The number of aromatic nitrogens is 4. The molecule has 0 atom stereocenters. The highest BCUT2D eigenvalue weighted by Crippen LogP contribution is 2.35. The molecule has 2 aromatic rings. The van der Waals surface area contributed by atoms with Gasteiger partial charge in [-0.25, -0.2) is 19.3 Å². The number of hydrogen-bond donors (Lipinski definition) is 2. The molecular weight excluding hydrogens is 319 g/mol. The fourth-order valence-corrected chi connectivity index (χ4v) is 3.54. The standard InChI is InChI=1S/C18H25FN6/c1-25-10-22-17(15(25)8-11-2-3-11)16-14(19)9-21-18(24-16)23-13-6-4-12(20)5-7-13/h9-13H,2-8,20H2,1H3,(H,21,23,24). The van der Waals surface area contributed by atoms with Gasteiger partial charge in [0.25, 0.3) is 0 Å². The molecule has 25 heavy (non-hydrogen) atoms. The van der Waals surface area contributed by atoms with E-state index >= 15 is 0 Å². The van der Waals surface area contributed by atoms with E-state index in [0.717, 1.165) is 37.8 Å². The first kappa shape index (κ1) is 16.4. The molecule has 0 amide bonds. The molecule has 2 aliphatic carbocycles. The molecule has 0 aromatic carbocycles. The molecule has 2 saturated carbocycles. The number of halogens is 1. The average molecular weight is 344 g/mol. The fraction of sp³-hybridized carbons (Fsp3) is 0.611. The molecule has 6 nitrogen and oxygen atoms in total. The van der Waals surface area contributed by atoms with Gasteiger partial charge < -0.3 is 15.6 Å². The monoisotopic (exact) mass is 344 g/mol. The molecule has 0 radical (unpaired) electrons. The molecule has 0 saturated heterocycles. The third kappa shape index (κ3) is 3.66. The third-order valence-electron chi connectivity index (χ3n) is 5.31. The molecular formula is C18H25FN6. The van der Waals surface area contributed by atoms with Crippen molar-refractivity contribution in [1.82, 2.24) is 19.5 Å². The van der Waals surface area contributed by atoms with Crippen molar-refractivity contribution in [3.63, 3.8) is 0 Å². The van der Waals surface area contributed by atoms with Gasteiger partial charge in [-0.3, -0.25) is 0 Å². The Labute approximate surface area is 147 Å². The lowest BCUT2D eigenvalue weighted by atomic mass is 9.92. The number of imidazole rings is 1. The van der Waals surface area contributed by atoms with Gasteiger partial charge in [-0.2, -0.15) is 0 Å². The third-order valence-corrected chi connectivity index (χ3v) is 5.31. The predicted molar refractivity (Wildman–Crippen MR) is 94.5 cm³/mol. The van der Waals surface area contributed by atoms with Crippen LogP contribution in [0.4, 0.5) is 10.3 Å². The Bertz CT molecular complexity index is 746. The summed E-state index contributed by atoms with van der Waals surface area (Å²) in [4.78, 5) is 13.0. The van der Waals surface area contributed by atoms with E-state index < -0.39 is 5.82 Å². The fourth-order valence-electron chi connectivity index (χ4n) is 3.54. The van der Waals surface area contributed by atoms with Gasteiger partial charge >= 0.3 is 0 Å². The van der Waals surface area contributed by atoms with Gasteiger partial charge in [0.1, 0.15) is 11.4 Å². The van der Waals surface area contributed by atoms with E-state index in [9.17, 15) is 4.39 Å². The van der Waals surface area contributed by atoms with E-state index in [4.69, 9.17) is 5.73 Å². The van der Waals surface area contributed by atoms with Crippen LogP contribution in [0.1, 0.15) is 44.2 Å². The Morgan fingerprint density at radius 2 is 1.92 bits per heavy atom. The molecule has 4 rings (SSSR count). The zero-order chi connectivity index (χ0) is 17.4. The van der Waals surface area contributed by atoms with E-state index in [1.165, 1.54) is 19.0 Å². The molecule has 134 valence electrons. The van der Waals surface area contributed by atoms with Crippen molar-refractivity contribution in [3.05, 3.63) is 24.0 Å². The topological polar surface area (TPSA) is 81.7 Å². The van der Waals surface area contributed by atoms with Crippen LogP contribution in [-0.2, 0) is 13.5 Å². The average Bonchev–Trinajstić information content (AvgIpc) is 3.35. The van der Waals surface area contributed by atoms with Crippen LogP contribution in [0, 0.1) is 11.7 Å². The minimum Gasteiger partial charge on any atom is -0.351 e. The second-order valence-corrected chi connectivity index (χ2v) is 7.44. The normalized spacial score (nSPS) is 23.6. The Hall–Kier alpha value is -2.02. The van der Waals surface area contributed by atoms with Crippen LogP contribution in [0.2, 0.25) is 0 Å². The summed E-state index contributed by atoms with van der Waals surface area (Å²) in [5, 5.41) is 3.34. The molecule has 2 aliphatic rings. The van der Waals surface area contributed by atoms with Gasteiger partial charge in [0.15, 0.2) is 5.82 Å². The maximum atomic E-state index is 14.4. The highest BCUT2D eigenvalue weighted by Gasteiger charge is 2.27. The molecule has 2 aromatic heterocycles. The zero-order valence-corrected chi connectivity index (χ0v) is 14.6. The largest absolute Gasteiger partial charge is 0.351 e. The second-order valence-electron chi connectivity index (χ2n) is 7.44. The molecule has 0 bridgehead atoms. The van der Waals surface area contributed by atoms with Crippen molar-refractivity contribution < 1.29 is 4.39 Å². The van der Waals surface area contributed by atoms with Gasteiger partial charge in [-0.15, -0.1) is 0 Å². The van der Waals surface area contributed by atoms with Crippen LogP contribution in [0.15, 0.2) is 12.5 Å². The first-order valence-electron chi connectivity index (χ1n) is 9.15. The molecule has 0 unspecified atom stereocenters. The Kier molecular flexibility index (Phi) is 4.41. The smallest absolute Gasteiger partial charge is 0.223 e. The van der Waals surface area contributed by atoms with E-state index in [1.54, 1.807) is 6.33 Å². The lowest BCUT2D eigenvalue weighted by Gasteiger charge is -2.26. The van der Waals surface area contributed by atoms with Crippen LogP contribution in [0.3, 0.4) is 0 Å². The van der Waals surface area contributed by atoms with Gasteiger partial charge in [-0.05, 0) is 50.9 Å². The maximum absolute atomic E-state index is 14.4. The number of rotatable bonds is 5. The van der Waals surface area contributed by atoms with Crippen molar-refractivity contribution in [2.24, 2.45) is 18.7 Å². The van der Waals surface area contributed by atoms with Gasteiger partial charge in [0, 0.05) is 24.8 Å². The van der Waals surface area contributed by atoms with E-state index in [-0.39, 0.29) is 0 Å². The predicted octanol–water partition coefficient (Wildman–Crippen LogP) is 2.65. The van der Waals surface area contributed by atoms with E-state index in [2.05, 4.69) is 20.3 Å². The number of hydrogen-bond acceptors (Lipinski definition) is 5. The molecule has 0 aliphatic heterocycles. The maximum Gasteiger partial charge on any atom is 0.223 e. The molecule has 7 heteroatoms. The first-order chi connectivity index (χ1) is 12.1. The minimum atomic E-state index is -0.424. The number of nitrogens with two attached hydrogens (primary N) is 1. The second kappa shape index (κ2) is 6.71. The van der Waals surface area contributed by atoms with Crippen LogP contribution in [-0.4, -0.2) is 31.6 Å².